The first-order valence-electron chi connectivity index (χ1n) is 56.5. The highest BCUT2D eigenvalue weighted by Gasteiger charge is 2.30. The van der Waals surface area contributed by atoms with Crippen LogP contribution in [-0.2, 0) is 33.3 Å². The third-order valence-corrected chi connectivity index (χ3v) is 25.5. The van der Waals surface area contributed by atoms with E-state index in [4.69, 9.17) is 19.2 Å². The zero-order valence-corrected chi connectivity index (χ0v) is 89.9. The summed E-state index contributed by atoms with van der Waals surface area (Å²) in [5.74, 6) is 0.724. The molecule has 0 rings (SSSR count). The summed E-state index contributed by atoms with van der Waals surface area (Å²) in [5, 5.41) is 0. The van der Waals surface area contributed by atoms with Crippen molar-refractivity contribution in [3.63, 3.8) is 0 Å². The number of hydrogen-bond donors (Lipinski definition) is 3. The normalized spacial score (nSPS) is 12.0. The quantitative estimate of drug-likeness (QED) is 0.0226. The van der Waals surface area contributed by atoms with Crippen LogP contribution in [0.1, 0.15) is 581 Å². The molecule has 3 N–H and O–H groups in total. The van der Waals surface area contributed by atoms with E-state index in [1.807, 2.05) is 57.0 Å². The Bertz CT molecular complexity index is 2240. The van der Waals surface area contributed by atoms with Gasteiger partial charge in [0, 0.05) is 38.5 Å². The molecule has 0 aliphatic carbocycles. The van der Waals surface area contributed by atoms with Crippen LogP contribution >= 0.6 is 7.82 Å². The summed E-state index contributed by atoms with van der Waals surface area (Å²) < 4.78 is 8.88. The number of likely N-dealkylation sites (N-methyl/N-ethyl adjacent to an activating group) is 3. The molecular formula is C117H222N3O10P. The zero-order chi connectivity index (χ0) is 97.3. The minimum atomic E-state index is -4.64. The van der Waals surface area contributed by atoms with Gasteiger partial charge in [-0.2, -0.15) is 0 Å². The lowest BCUT2D eigenvalue weighted by Crippen LogP contribution is -2.42. The second-order valence-corrected chi connectivity index (χ2v) is 40.4. The first-order valence-corrected chi connectivity index (χ1v) is 58.0. The summed E-state index contributed by atoms with van der Waals surface area (Å²) in [6.07, 6.45) is 129. The molecule has 0 saturated carbocycles. The Balaban J connectivity index is -0.000000898. The van der Waals surface area contributed by atoms with E-state index in [2.05, 4.69) is 114 Å². The minimum Gasteiger partial charge on any atom is -0.303 e. The van der Waals surface area contributed by atoms with Crippen LogP contribution in [0.25, 0.3) is 0 Å². The van der Waals surface area contributed by atoms with Crippen molar-refractivity contribution >= 4 is 42.5 Å². The summed E-state index contributed by atoms with van der Waals surface area (Å²) >= 11 is 0. The highest BCUT2D eigenvalue weighted by molar-refractivity contribution is 7.45. The maximum atomic E-state index is 12.8. The number of nitrogens with zero attached hydrogens (tertiary/aromatic N) is 3. The molecule has 0 aliphatic rings. The largest absolute Gasteiger partial charge is 0.466 e. The maximum absolute atomic E-state index is 12.8. The van der Waals surface area contributed by atoms with E-state index >= 15 is 0 Å². The van der Waals surface area contributed by atoms with Crippen molar-refractivity contribution in [1.82, 2.24) is 14.7 Å². The van der Waals surface area contributed by atoms with Crippen molar-refractivity contribution in [1.29, 1.82) is 0 Å². The lowest BCUT2D eigenvalue weighted by Gasteiger charge is -2.22. The van der Waals surface area contributed by atoms with E-state index in [-0.39, 0.29) is 34.7 Å². The number of rotatable bonds is 99. The summed E-state index contributed by atoms with van der Waals surface area (Å²) in [4.78, 5) is 104. The molecule has 0 amide bonds. The molecule has 0 fully saturated rings. The third-order valence-electron chi connectivity index (χ3n) is 25.5. The number of ketones is 6. The molecule has 0 saturated heterocycles. The maximum Gasteiger partial charge on any atom is 0.466 e. The first-order chi connectivity index (χ1) is 63.6. The van der Waals surface area contributed by atoms with E-state index in [0.717, 1.165) is 77.0 Å². The Hall–Kier alpha value is -3.55. The summed E-state index contributed by atoms with van der Waals surface area (Å²) in [6.45, 7) is 13.6. The van der Waals surface area contributed by atoms with Crippen LogP contribution in [0.3, 0.4) is 0 Å². The number of hydrogen-bond acceptors (Lipinski definition) is 10. The fraction of sp³-hybridized carbons (Fsp3) is 0.846. The lowest BCUT2D eigenvalue weighted by atomic mass is 9.97. The van der Waals surface area contributed by atoms with Crippen LogP contribution in [0.4, 0.5) is 0 Å². The first kappa shape index (κ1) is 134. The molecule has 0 atom stereocenters. The van der Waals surface area contributed by atoms with Crippen LogP contribution in [0.2, 0.25) is 0 Å². The Morgan fingerprint density at radius 3 is 0.351 bits per heavy atom. The van der Waals surface area contributed by atoms with E-state index in [1.165, 1.54) is 424 Å². The number of allylic oxidation sites excluding steroid dienone is 12. The van der Waals surface area contributed by atoms with Crippen LogP contribution in [-0.4, -0.2) is 124 Å². The minimum absolute atomic E-state index is 0.121. The van der Waals surface area contributed by atoms with Gasteiger partial charge in [0.15, 0.2) is 34.7 Å². The monoisotopic (exact) mass is 1860 g/mol. The smallest absolute Gasteiger partial charge is 0.303 e. The second kappa shape index (κ2) is 110. The van der Waals surface area contributed by atoms with Crippen molar-refractivity contribution in [2.24, 2.45) is 0 Å². The standard InChI is InChI=1S/3C39H73NO2.H3O4P/c3*1-5-7-9-11-13-15-17-19-21-23-25-27-29-31-33-35-37(41)39(40(3)4)38(42)36-34-32-30-28-26-24-22-20-18-16-14-12-10-8-6-2;1-5(2,3)4/h3*19-22,39H,5-18,23-36H2,1-4H3;(H3,1,2,3,4)/b3*21-19-,22-20-;. The molecule has 0 radical (unpaired) electrons. The number of phosphoric acid groups is 1. The van der Waals surface area contributed by atoms with Crippen molar-refractivity contribution in [2.75, 3.05) is 42.3 Å². The Morgan fingerprint density at radius 1 is 0.176 bits per heavy atom. The van der Waals surface area contributed by atoms with Gasteiger partial charge >= 0.3 is 7.82 Å². The number of unbranched alkanes of at least 4 members (excludes halogenated alkanes) is 66. The van der Waals surface area contributed by atoms with Crippen LogP contribution in [0.15, 0.2) is 72.9 Å². The van der Waals surface area contributed by atoms with Gasteiger partial charge in [0.05, 0.1) is 0 Å². The van der Waals surface area contributed by atoms with Crippen molar-refractivity contribution in [2.45, 2.75) is 599 Å². The zero-order valence-electron chi connectivity index (χ0n) is 89.0. The summed E-state index contributed by atoms with van der Waals surface area (Å²) in [7, 11) is 6.61. The van der Waals surface area contributed by atoms with E-state index in [1.54, 1.807) is 0 Å². The molecular weight excluding hydrogens is 1640 g/mol. The molecule has 770 valence electrons. The third kappa shape index (κ3) is 108. The predicted octanol–water partition coefficient (Wildman–Crippen LogP) is 35.5. The van der Waals surface area contributed by atoms with Crippen LogP contribution in [0.5, 0.6) is 0 Å². The van der Waals surface area contributed by atoms with Gasteiger partial charge in [-0.05, 0) is 235 Å². The van der Waals surface area contributed by atoms with Gasteiger partial charge in [0.25, 0.3) is 0 Å². The van der Waals surface area contributed by atoms with Gasteiger partial charge < -0.3 is 14.7 Å². The fourth-order valence-corrected chi connectivity index (χ4v) is 17.3. The van der Waals surface area contributed by atoms with E-state index in [9.17, 15) is 28.8 Å². The summed E-state index contributed by atoms with van der Waals surface area (Å²) in [6, 6.07) is -1.63. The fourth-order valence-electron chi connectivity index (χ4n) is 17.3. The van der Waals surface area contributed by atoms with Gasteiger partial charge in [-0.1, -0.05) is 423 Å². The Morgan fingerprint density at radius 2 is 0.260 bits per heavy atom. The highest BCUT2D eigenvalue weighted by Crippen LogP contribution is 2.26. The molecule has 0 bridgehead atoms. The van der Waals surface area contributed by atoms with Gasteiger partial charge in [-0.15, -0.1) is 0 Å². The average molecular weight is 1860 g/mol. The molecule has 131 heavy (non-hydrogen) atoms. The molecule has 0 unspecified atom stereocenters. The Labute approximate surface area is 814 Å². The predicted molar refractivity (Wildman–Crippen MR) is 573 cm³/mol. The number of carbonyl (C=O) groups is 6. The lowest BCUT2D eigenvalue weighted by molar-refractivity contribution is -0.135. The van der Waals surface area contributed by atoms with Crippen molar-refractivity contribution in [3.05, 3.63) is 72.9 Å². The van der Waals surface area contributed by atoms with E-state index in [0.29, 0.717) is 38.5 Å². The van der Waals surface area contributed by atoms with E-state index < -0.39 is 25.9 Å². The van der Waals surface area contributed by atoms with Gasteiger partial charge in [-0.3, -0.25) is 43.5 Å². The van der Waals surface area contributed by atoms with Crippen LogP contribution in [0, 0.1) is 0 Å². The molecule has 13 nitrogen and oxygen atoms in total. The van der Waals surface area contributed by atoms with Gasteiger partial charge in [0.1, 0.15) is 18.1 Å². The topological polar surface area (TPSA) is 190 Å². The molecule has 0 aliphatic heterocycles. The van der Waals surface area contributed by atoms with Crippen molar-refractivity contribution in [3.8, 4) is 0 Å². The Kier molecular flexibility index (Phi) is 112. The molecule has 0 aromatic carbocycles. The highest BCUT2D eigenvalue weighted by atomic mass is 31.2. The molecule has 0 heterocycles. The molecule has 14 heteroatoms. The molecule has 0 aromatic heterocycles. The molecule has 0 spiro atoms. The van der Waals surface area contributed by atoms with Gasteiger partial charge in [0.2, 0.25) is 0 Å². The van der Waals surface area contributed by atoms with Gasteiger partial charge in [-0.25, -0.2) is 4.57 Å². The number of Topliss-reactive ketones (excluding diaryl/α,β-unsaturated/α-hetero) is 6. The SMILES string of the molecule is CCCCCCCC/C=C\CCCCCCCC(=O)C(C(=O)CCCCCCC/C=C\CCCCCCCC)N(C)C.CCCCCCCC/C=C\CCCCCCCC(=O)C(C(=O)CCCCCCC/C=C\CCCCCCCC)N(C)C.CCCCCCCC/C=C\CCCCCCCC(=O)C(C(=O)CCCCCCC/C=C\CCCCCCCC)N(C)C.O=P(O)(O)O. The average Bonchev–Trinajstić information content (AvgIpc) is 0.892. The van der Waals surface area contributed by atoms with Crippen molar-refractivity contribution < 1.29 is 48.0 Å². The second-order valence-electron chi connectivity index (χ2n) is 39.4. The summed E-state index contributed by atoms with van der Waals surface area (Å²) in [5.41, 5.74) is 0. The molecule has 0 aromatic rings. The van der Waals surface area contributed by atoms with Crippen LogP contribution < -0.4 is 0 Å². The number of carbonyl (C=O) groups excluding carboxylic acids is 6.